The summed E-state index contributed by atoms with van der Waals surface area (Å²) in [5.41, 5.74) is 8.57. The van der Waals surface area contributed by atoms with E-state index in [2.05, 4.69) is 28.1 Å². The molecular weight excluding hydrogens is 250 g/mol. The second-order valence-electron chi connectivity index (χ2n) is 6.11. The first kappa shape index (κ1) is 13.5. The lowest BCUT2D eigenvalue weighted by Crippen LogP contribution is -2.43. The largest absolute Gasteiger partial charge is 0.370 e. The summed E-state index contributed by atoms with van der Waals surface area (Å²) in [5, 5.41) is 4.48. The van der Waals surface area contributed by atoms with Gasteiger partial charge in [-0.05, 0) is 19.8 Å². The SMILES string of the molecule is Cc1nn(C)cc1C1CN=C(N)N1C1CCCCCC1. The van der Waals surface area contributed by atoms with E-state index in [1.54, 1.807) is 0 Å². The third-order valence-electron chi connectivity index (χ3n) is 4.66. The Bertz CT molecular complexity index is 496. The highest BCUT2D eigenvalue weighted by Gasteiger charge is 2.34. The Morgan fingerprint density at radius 2 is 1.90 bits per heavy atom. The Morgan fingerprint density at radius 3 is 2.50 bits per heavy atom. The van der Waals surface area contributed by atoms with Crippen LogP contribution in [0.3, 0.4) is 0 Å². The summed E-state index contributed by atoms with van der Waals surface area (Å²) in [5.74, 6) is 0.727. The van der Waals surface area contributed by atoms with Crippen molar-refractivity contribution in [3.05, 3.63) is 17.5 Å². The molecule has 1 unspecified atom stereocenters. The summed E-state index contributed by atoms with van der Waals surface area (Å²) in [6.45, 7) is 2.85. The van der Waals surface area contributed by atoms with Crippen LogP contribution in [0.2, 0.25) is 0 Å². The standard InChI is InChI=1S/C15H25N5/c1-11-13(10-19(2)18-11)14-9-17-15(16)20(14)12-7-5-3-4-6-8-12/h10,12,14H,3-9H2,1-2H3,(H2,16,17). The molecule has 1 fully saturated rings. The van der Waals surface area contributed by atoms with Gasteiger partial charge in [0, 0.05) is 24.8 Å². The van der Waals surface area contributed by atoms with Crippen molar-refractivity contribution in [2.75, 3.05) is 6.54 Å². The number of aliphatic imine (C=N–C) groups is 1. The van der Waals surface area contributed by atoms with Crippen molar-refractivity contribution in [3.8, 4) is 0 Å². The van der Waals surface area contributed by atoms with Gasteiger partial charge in [-0.3, -0.25) is 9.67 Å². The van der Waals surface area contributed by atoms with Gasteiger partial charge in [0.05, 0.1) is 18.3 Å². The van der Waals surface area contributed by atoms with E-state index in [0.29, 0.717) is 6.04 Å². The van der Waals surface area contributed by atoms with Crippen molar-refractivity contribution in [1.82, 2.24) is 14.7 Å². The lowest BCUT2D eigenvalue weighted by Gasteiger charge is -2.34. The first-order valence-electron chi connectivity index (χ1n) is 7.75. The molecular formula is C15H25N5. The molecule has 1 atom stereocenters. The van der Waals surface area contributed by atoms with Crippen molar-refractivity contribution >= 4 is 5.96 Å². The molecule has 0 amide bonds. The second-order valence-corrected chi connectivity index (χ2v) is 6.11. The van der Waals surface area contributed by atoms with Gasteiger partial charge in [-0.25, -0.2) is 0 Å². The number of guanidine groups is 1. The number of nitrogens with two attached hydrogens (primary N) is 1. The molecule has 5 heteroatoms. The maximum atomic E-state index is 6.19. The van der Waals surface area contributed by atoms with Gasteiger partial charge in [0.2, 0.25) is 0 Å². The van der Waals surface area contributed by atoms with Crippen molar-refractivity contribution in [2.24, 2.45) is 17.8 Å². The van der Waals surface area contributed by atoms with Crippen LogP contribution in [0.25, 0.3) is 0 Å². The molecule has 1 aromatic heterocycles. The number of aryl methyl sites for hydroxylation is 2. The number of aromatic nitrogens is 2. The van der Waals surface area contributed by atoms with Crippen LogP contribution in [0.1, 0.15) is 55.8 Å². The average Bonchev–Trinajstić information content (AvgIpc) is 2.82. The summed E-state index contributed by atoms with van der Waals surface area (Å²) in [7, 11) is 1.98. The molecule has 3 rings (SSSR count). The smallest absolute Gasteiger partial charge is 0.192 e. The molecule has 2 heterocycles. The Balaban J connectivity index is 1.85. The highest BCUT2D eigenvalue weighted by molar-refractivity contribution is 5.80. The molecule has 1 aliphatic heterocycles. The normalized spacial score (nSPS) is 24.8. The van der Waals surface area contributed by atoms with E-state index in [1.165, 1.54) is 44.1 Å². The van der Waals surface area contributed by atoms with Gasteiger partial charge in [-0.1, -0.05) is 25.7 Å². The quantitative estimate of drug-likeness (QED) is 0.841. The third-order valence-corrected chi connectivity index (χ3v) is 4.66. The highest BCUT2D eigenvalue weighted by atomic mass is 15.3. The van der Waals surface area contributed by atoms with Gasteiger partial charge in [-0.15, -0.1) is 0 Å². The Morgan fingerprint density at radius 1 is 1.20 bits per heavy atom. The van der Waals surface area contributed by atoms with E-state index in [4.69, 9.17) is 5.73 Å². The van der Waals surface area contributed by atoms with Gasteiger partial charge in [0.15, 0.2) is 5.96 Å². The van der Waals surface area contributed by atoms with Gasteiger partial charge in [-0.2, -0.15) is 5.10 Å². The minimum Gasteiger partial charge on any atom is -0.370 e. The average molecular weight is 275 g/mol. The zero-order valence-electron chi connectivity index (χ0n) is 12.5. The molecule has 20 heavy (non-hydrogen) atoms. The predicted molar refractivity (Wildman–Crippen MR) is 80.5 cm³/mol. The highest BCUT2D eigenvalue weighted by Crippen LogP contribution is 2.33. The Labute approximate surface area is 120 Å². The van der Waals surface area contributed by atoms with E-state index in [9.17, 15) is 0 Å². The van der Waals surface area contributed by atoms with Crippen LogP contribution < -0.4 is 5.73 Å². The lowest BCUT2D eigenvalue weighted by atomic mass is 10.0. The van der Waals surface area contributed by atoms with Crippen molar-refractivity contribution in [1.29, 1.82) is 0 Å². The molecule has 110 valence electrons. The minimum absolute atomic E-state index is 0.284. The second kappa shape index (κ2) is 5.46. The molecule has 0 spiro atoms. The van der Waals surface area contributed by atoms with Crippen LogP contribution in [0.4, 0.5) is 0 Å². The van der Waals surface area contributed by atoms with Crippen molar-refractivity contribution in [2.45, 2.75) is 57.5 Å². The van der Waals surface area contributed by atoms with Crippen molar-refractivity contribution in [3.63, 3.8) is 0 Å². The van der Waals surface area contributed by atoms with E-state index in [1.807, 2.05) is 11.7 Å². The van der Waals surface area contributed by atoms with Crippen LogP contribution in [0, 0.1) is 6.92 Å². The first-order chi connectivity index (χ1) is 9.66. The zero-order chi connectivity index (χ0) is 14.1. The fraction of sp³-hybridized carbons (Fsp3) is 0.733. The molecule has 2 aliphatic rings. The van der Waals surface area contributed by atoms with Gasteiger partial charge in [0.1, 0.15) is 0 Å². The molecule has 0 bridgehead atoms. The number of rotatable bonds is 2. The van der Waals surface area contributed by atoms with Crippen LogP contribution in [-0.4, -0.2) is 33.2 Å². The maximum Gasteiger partial charge on any atom is 0.192 e. The number of hydrogen-bond donors (Lipinski definition) is 1. The summed E-state index contributed by atoms with van der Waals surface area (Å²) in [6.07, 6.45) is 9.95. The molecule has 1 saturated carbocycles. The summed E-state index contributed by atoms with van der Waals surface area (Å²) < 4.78 is 1.89. The Hall–Kier alpha value is -1.52. The molecule has 0 saturated heterocycles. The number of hydrogen-bond acceptors (Lipinski definition) is 4. The molecule has 5 nitrogen and oxygen atoms in total. The predicted octanol–water partition coefficient (Wildman–Crippen LogP) is 2.12. The van der Waals surface area contributed by atoms with Crippen molar-refractivity contribution < 1.29 is 0 Å². The topological polar surface area (TPSA) is 59.4 Å². The summed E-state index contributed by atoms with van der Waals surface area (Å²) in [6, 6.07) is 0.833. The van der Waals surface area contributed by atoms with Gasteiger partial charge >= 0.3 is 0 Å². The lowest BCUT2D eigenvalue weighted by molar-refractivity contribution is 0.237. The van der Waals surface area contributed by atoms with E-state index in [0.717, 1.165) is 18.2 Å². The van der Waals surface area contributed by atoms with E-state index >= 15 is 0 Å². The summed E-state index contributed by atoms with van der Waals surface area (Å²) in [4.78, 5) is 6.89. The molecule has 1 aliphatic carbocycles. The fourth-order valence-corrected chi connectivity index (χ4v) is 3.68. The van der Waals surface area contributed by atoms with E-state index in [-0.39, 0.29) is 6.04 Å². The molecule has 1 aromatic rings. The molecule has 0 aromatic carbocycles. The molecule has 2 N–H and O–H groups in total. The van der Waals surface area contributed by atoms with Crippen LogP contribution in [0.15, 0.2) is 11.2 Å². The first-order valence-corrected chi connectivity index (χ1v) is 7.75. The van der Waals surface area contributed by atoms with Gasteiger partial charge in [0.25, 0.3) is 0 Å². The van der Waals surface area contributed by atoms with E-state index < -0.39 is 0 Å². The fourth-order valence-electron chi connectivity index (χ4n) is 3.68. The minimum atomic E-state index is 0.284. The van der Waals surface area contributed by atoms with Crippen LogP contribution in [-0.2, 0) is 7.05 Å². The molecule has 0 radical (unpaired) electrons. The maximum absolute atomic E-state index is 6.19. The summed E-state index contributed by atoms with van der Waals surface area (Å²) >= 11 is 0. The monoisotopic (exact) mass is 275 g/mol. The van der Waals surface area contributed by atoms with Crippen LogP contribution >= 0.6 is 0 Å². The Kier molecular flexibility index (Phi) is 3.68. The number of nitrogens with zero attached hydrogens (tertiary/aromatic N) is 4. The van der Waals surface area contributed by atoms with Crippen LogP contribution in [0.5, 0.6) is 0 Å². The zero-order valence-corrected chi connectivity index (χ0v) is 12.5. The van der Waals surface area contributed by atoms with Gasteiger partial charge < -0.3 is 10.6 Å². The third kappa shape index (κ3) is 2.41.